The second-order valence-corrected chi connectivity index (χ2v) is 10.1. The van der Waals surface area contributed by atoms with E-state index in [2.05, 4.69) is 9.88 Å². The number of morpholine rings is 1. The third kappa shape index (κ3) is 4.22. The maximum absolute atomic E-state index is 13.0. The van der Waals surface area contributed by atoms with Crippen LogP contribution in [-0.2, 0) is 25.7 Å². The van der Waals surface area contributed by atoms with Crippen molar-refractivity contribution in [1.82, 2.24) is 14.2 Å². The van der Waals surface area contributed by atoms with E-state index in [1.807, 2.05) is 0 Å². The third-order valence-electron chi connectivity index (χ3n) is 6.36. The molecule has 3 aliphatic rings. The zero-order valence-electron chi connectivity index (χ0n) is 16.8. The van der Waals surface area contributed by atoms with E-state index in [4.69, 9.17) is 9.47 Å². The molecule has 1 aromatic heterocycles. The van der Waals surface area contributed by atoms with Gasteiger partial charge in [-0.05, 0) is 37.8 Å². The van der Waals surface area contributed by atoms with Crippen molar-refractivity contribution < 1.29 is 31.1 Å². The van der Waals surface area contributed by atoms with Crippen LogP contribution in [-0.4, -0.2) is 80.2 Å². The van der Waals surface area contributed by atoms with Crippen molar-refractivity contribution >= 4 is 10.0 Å². The molecule has 3 aliphatic heterocycles. The average molecular weight is 449 g/mol. The summed E-state index contributed by atoms with van der Waals surface area (Å²) in [5.74, 6) is 0. The summed E-state index contributed by atoms with van der Waals surface area (Å²) in [4.78, 5) is 5.53. The van der Waals surface area contributed by atoms with Crippen molar-refractivity contribution in [3.63, 3.8) is 0 Å². The van der Waals surface area contributed by atoms with Gasteiger partial charge in [0.1, 0.15) is 10.6 Å². The molecule has 11 heteroatoms. The standard InChI is InChI=1S/C19H26F3N3O4S/c1-14-10-17(19(20,21)22)23-12-16(14)30(26,27)25-4-2-18(3-5-25)11-15(13-29-18)24-6-8-28-9-7-24/h10,12,15H,2-9,11,13H2,1H3. The van der Waals surface area contributed by atoms with E-state index < -0.39 is 21.9 Å². The highest BCUT2D eigenvalue weighted by molar-refractivity contribution is 7.89. The number of aryl methyl sites for hydroxylation is 1. The van der Waals surface area contributed by atoms with Crippen LogP contribution in [0.2, 0.25) is 0 Å². The van der Waals surface area contributed by atoms with Crippen molar-refractivity contribution in [3.8, 4) is 0 Å². The van der Waals surface area contributed by atoms with Gasteiger partial charge in [-0.15, -0.1) is 0 Å². The summed E-state index contributed by atoms with van der Waals surface area (Å²) < 4.78 is 77.5. The Hall–Kier alpha value is -1.27. The van der Waals surface area contributed by atoms with Gasteiger partial charge in [0.05, 0.1) is 25.4 Å². The summed E-state index contributed by atoms with van der Waals surface area (Å²) in [6, 6.07) is 1.10. The molecule has 7 nitrogen and oxygen atoms in total. The molecule has 4 heterocycles. The van der Waals surface area contributed by atoms with Crippen LogP contribution in [0.25, 0.3) is 0 Å². The normalized spacial score (nSPS) is 26.3. The third-order valence-corrected chi connectivity index (χ3v) is 8.38. The van der Waals surface area contributed by atoms with E-state index in [-0.39, 0.29) is 29.1 Å². The van der Waals surface area contributed by atoms with E-state index in [0.29, 0.717) is 25.5 Å². The lowest BCUT2D eigenvalue weighted by atomic mass is 9.88. The van der Waals surface area contributed by atoms with Crippen molar-refractivity contribution in [2.45, 2.75) is 48.9 Å². The number of piperidine rings is 1. The van der Waals surface area contributed by atoms with Gasteiger partial charge in [0.15, 0.2) is 0 Å². The van der Waals surface area contributed by atoms with E-state index >= 15 is 0 Å². The van der Waals surface area contributed by atoms with Crippen molar-refractivity contribution in [2.24, 2.45) is 0 Å². The number of pyridine rings is 1. The molecule has 0 aromatic carbocycles. The molecule has 3 fully saturated rings. The Morgan fingerprint density at radius 2 is 1.83 bits per heavy atom. The fourth-order valence-electron chi connectivity index (χ4n) is 4.59. The summed E-state index contributed by atoms with van der Waals surface area (Å²) in [5.41, 5.74) is -1.38. The summed E-state index contributed by atoms with van der Waals surface area (Å²) in [6.45, 7) is 5.75. The minimum absolute atomic E-state index is 0.0436. The largest absolute Gasteiger partial charge is 0.433 e. The topological polar surface area (TPSA) is 72.0 Å². The van der Waals surface area contributed by atoms with Crippen LogP contribution in [0.15, 0.2) is 17.2 Å². The zero-order valence-corrected chi connectivity index (χ0v) is 17.6. The number of hydrogen-bond acceptors (Lipinski definition) is 6. The number of sulfonamides is 1. The smallest absolute Gasteiger partial charge is 0.379 e. The van der Waals surface area contributed by atoms with Gasteiger partial charge in [-0.2, -0.15) is 17.5 Å². The van der Waals surface area contributed by atoms with Gasteiger partial charge in [-0.25, -0.2) is 8.42 Å². The Kier molecular flexibility index (Phi) is 5.86. The van der Waals surface area contributed by atoms with Crippen LogP contribution in [0, 0.1) is 6.92 Å². The molecule has 0 saturated carbocycles. The second-order valence-electron chi connectivity index (χ2n) is 8.24. The van der Waals surface area contributed by atoms with Crippen LogP contribution in [0.5, 0.6) is 0 Å². The predicted molar refractivity (Wildman–Crippen MR) is 101 cm³/mol. The van der Waals surface area contributed by atoms with Crippen LogP contribution in [0.1, 0.15) is 30.5 Å². The Morgan fingerprint density at radius 3 is 2.43 bits per heavy atom. The lowest BCUT2D eigenvalue weighted by Crippen LogP contribution is -2.48. The van der Waals surface area contributed by atoms with Crippen molar-refractivity contribution in [2.75, 3.05) is 46.0 Å². The summed E-state index contributed by atoms with van der Waals surface area (Å²) >= 11 is 0. The molecule has 0 amide bonds. The maximum Gasteiger partial charge on any atom is 0.433 e. The number of halogens is 3. The first-order chi connectivity index (χ1) is 14.1. The fraction of sp³-hybridized carbons (Fsp3) is 0.737. The SMILES string of the molecule is Cc1cc(C(F)(F)F)ncc1S(=O)(=O)N1CCC2(CC1)CC(N1CCOCC1)CO2. The summed E-state index contributed by atoms with van der Waals surface area (Å²) in [6.07, 6.45) is -1.79. The zero-order chi connectivity index (χ0) is 21.6. The number of ether oxygens (including phenoxy) is 2. The van der Waals surface area contributed by atoms with Gasteiger partial charge >= 0.3 is 6.18 Å². The Morgan fingerprint density at radius 1 is 1.17 bits per heavy atom. The maximum atomic E-state index is 13.0. The van der Waals surface area contributed by atoms with E-state index in [1.165, 1.54) is 11.2 Å². The minimum Gasteiger partial charge on any atom is -0.379 e. The number of nitrogens with zero attached hydrogens (tertiary/aromatic N) is 3. The van der Waals surface area contributed by atoms with E-state index in [0.717, 1.165) is 45.0 Å². The van der Waals surface area contributed by atoms with Crippen LogP contribution in [0.3, 0.4) is 0 Å². The number of rotatable bonds is 3. The van der Waals surface area contributed by atoms with Crippen LogP contribution < -0.4 is 0 Å². The lowest BCUT2D eigenvalue weighted by molar-refractivity contribution is -0.141. The van der Waals surface area contributed by atoms with Crippen molar-refractivity contribution in [3.05, 3.63) is 23.5 Å². The average Bonchev–Trinajstić information content (AvgIpc) is 3.11. The molecule has 1 atom stereocenters. The number of hydrogen-bond donors (Lipinski definition) is 0. The molecule has 1 spiro atoms. The van der Waals surface area contributed by atoms with Gasteiger partial charge in [-0.3, -0.25) is 9.88 Å². The Bertz CT molecular complexity index is 880. The highest BCUT2D eigenvalue weighted by Crippen LogP contribution is 2.39. The summed E-state index contributed by atoms with van der Waals surface area (Å²) in [5, 5.41) is 0. The van der Waals surface area contributed by atoms with Crippen LogP contribution >= 0.6 is 0 Å². The van der Waals surface area contributed by atoms with Gasteiger partial charge < -0.3 is 9.47 Å². The van der Waals surface area contributed by atoms with Crippen molar-refractivity contribution in [1.29, 1.82) is 0 Å². The quantitative estimate of drug-likeness (QED) is 0.704. The molecular formula is C19H26F3N3O4S. The molecule has 1 aromatic rings. The molecule has 1 unspecified atom stereocenters. The lowest BCUT2D eigenvalue weighted by Gasteiger charge is -2.38. The van der Waals surface area contributed by atoms with E-state index in [9.17, 15) is 21.6 Å². The monoisotopic (exact) mass is 449 g/mol. The fourth-order valence-corrected chi connectivity index (χ4v) is 6.18. The Labute approximate surface area is 174 Å². The first-order valence-electron chi connectivity index (χ1n) is 10.1. The molecular weight excluding hydrogens is 423 g/mol. The minimum atomic E-state index is -4.61. The van der Waals surface area contributed by atoms with Gasteiger partial charge in [0, 0.05) is 38.4 Å². The predicted octanol–water partition coefficient (Wildman–Crippen LogP) is 2.05. The second kappa shape index (κ2) is 8.01. The first kappa shape index (κ1) is 21.9. The molecule has 168 valence electrons. The molecule has 0 aliphatic carbocycles. The number of aromatic nitrogens is 1. The summed E-state index contributed by atoms with van der Waals surface area (Å²) in [7, 11) is -3.91. The van der Waals surface area contributed by atoms with Gasteiger partial charge in [-0.1, -0.05) is 0 Å². The highest BCUT2D eigenvalue weighted by Gasteiger charge is 2.46. The molecule has 30 heavy (non-hydrogen) atoms. The van der Waals surface area contributed by atoms with E-state index in [1.54, 1.807) is 0 Å². The van der Waals surface area contributed by atoms with Crippen LogP contribution in [0.4, 0.5) is 13.2 Å². The highest BCUT2D eigenvalue weighted by atomic mass is 32.2. The number of alkyl halides is 3. The van der Waals surface area contributed by atoms with Gasteiger partial charge in [0.25, 0.3) is 0 Å². The molecule has 0 radical (unpaired) electrons. The molecule has 0 N–H and O–H groups in total. The molecule has 0 bridgehead atoms. The molecule has 4 rings (SSSR count). The Balaban J connectivity index is 1.42. The first-order valence-corrected chi connectivity index (χ1v) is 11.5. The van der Waals surface area contributed by atoms with Gasteiger partial charge in [0.2, 0.25) is 10.0 Å². The molecule has 3 saturated heterocycles.